The van der Waals surface area contributed by atoms with E-state index in [9.17, 15) is 0 Å². The monoisotopic (exact) mass is 334 g/mol. The Hall–Kier alpha value is 0.423. The van der Waals surface area contributed by atoms with Gasteiger partial charge in [0.15, 0.2) is 0 Å². The van der Waals surface area contributed by atoms with Crippen LogP contribution in [0.3, 0.4) is 0 Å². The van der Waals surface area contributed by atoms with E-state index >= 15 is 0 Å². The second kappa shape index (κ2) is 15.4. The van der Waals surface area contributed by atoms with Crippen LogP contribution < -0.4 is 0 Å². The summed E-state index contributed by atoms with van der Waals surface area (Å²) in [7, 11) is 0. The minimum atomic E-state index is 0. The van der Waals surface area contributed by atoms with Gasteiger partial charge in [0.05, 0.1) is 0 Å². The van der Waals surface area contributed by atoms with Gasteiger partial charge < -0.3 is 0 Å². The number of halogens is 2. The zero-order valence-electron chi connectivity index (χ0n) is 9.53. The second-order valence-electron chi connectivity index (χ2n) is 3.06. The average molecular weight is 336 g/mol. The normalized spacial score (nSPS) is 13.9. The molecule has 0 amide bonds. The smallest absolute Gasteiger partial charge is 0.273 e. The molecule has 3 heteroatoms. The third kappa shape index (κ3) is 10.9. The van der Waals surface area contributed by atoms with Gasteiger partial charge in [-0.25, -0.2) is 23.8 Å². The molecule has 0 saturated carbocycles. The zero-order chi connectivity index (χ0) is 9.36. The van der Waals surface area contributed by atoms with E-state index in [2.05, 4.69) is 37.3 Å². The van der Waals surface area contributed by atoms with Crippen LogP contribution in [0.4, 0.5) is 0 Å². The number of allylic oxidation sites excluding steroid dienone is 8. The van der Waals surface area contributed by atoms with E-state index in [1.807, 2.05) is 12.2 Å². The standard InChI is InChI=1S/C8H11.C5H5.2ClH.Zr/c1-2-5-8-6-3-4-7-8;1-2-4-5-3-1;;;/h3,6H,2,4-5H2,1H3;1-3H,4H2;2*1H;/q2*-1;;;+2. The van der Waals surface area contributed by atoms with E-state index in [0.29, 0.717) is 0 Å². The van der Waals surface area contributed by atoms with Crippen LogP contribution in [-0.2, 0) is 26.2 Å². The van der Waals surface area contributed by atoms with E-state index in [4.69, 9.17) is 0 Å². The third-order valence-corrected chi connectivity index (χ3v) is 1.87. The maximum atomic E-state index is 3.26. The van der Waals surface area contributed by atoms with Crippen LogP contribution in [0.25, 0.3) is 0 Å². The summed E-state index contributed by atoms with van der Waals surface area (Å²) < 4.78 is 0. The Morgan fingerprint density at radius 2 is 1.94 bits per heavy atom. The molecule has 0 N–H and O–H groups in total. The van der Waals surface area contributed by atoms with E-state index < -0.39 is 0 Å². The number of rotatable bonds is 2. The van der Waals surface area contributed by atoms with Crippen LogP contribution in [-0.4, -0.2) is 0 Å². The fourth-order valence-corrected chi connectivity index (χ4v) is 1.23. The van der Waals surface area contributed by atoms with Crippen LogP contribution in [0.2, 0.25) is 0 Å². The van der Waals surface area contributed by atoms with Crippen LogP contribution in [0.15, 0.2) is 36.0 Å². The zero-order valence-corrected chi connectivity index (χ0v) is 13.6. The summed E-state index contributed by atoms with van der Waals surface area (Å²) in [5.74, 6) is 0. The molecule has 0 aromatic carbocycles. The van der Waals surface area contributed by atoms with Crippen molar-refractivity contribution in [3.63, 3.8) is 0 Å². The first kappa shape index (κ1) is 21.7. The number of hydrogen-bond donors (Lipinski definition) is 0. The van der Waals surface area contributed by atoms with E-state index in [1.165, 1.54) is 18.4 Å². The number of hydrogen-bond acceptors (Lipinski definition) is 0. The van der Waals surface area contributed by atoms with Crippen molar-refractivity contribution >= 4 is 24.8 Å². The molecule has 0 nitrogen and oxygen atoms in total. The Bertz CT molecular complexity index is 243. The van der Waals surface area contributed by atoms with E-state index in [-0.39, 0.29) is 51.0 Å². The first-order valence-electron chi connectivity index (χ1n) is 4.91. The summed E-state index contributed by atoms with van der Waals surface area (Å²) in [6, 6.07) is 0. The summed E-state index contributed by atoms with van der Waals surface area (Å²) >= 11 is 0. The molecule has 2 aliphatic rings. The van der Waals surface area contributed by atoms with Crippen molar-refractivity contribution in [3.05, 3.63) is 48.1 Å². The first-order chi connectivity index (χ1) is 6.43. The van der Waals surface area contributed by atoms with E-state index in [1.54, 1.807) is 0 Å². The summed E-state index contributed by atoms with van der Waals surface area (Å²) in [4.78, 5) is 0. The van der Waals surface area contributed by atoms with Crippen molar-refractivity contribution in [2.24, 2.45) is 0 Å². The Morgan fingerprint density at radius 1 is 1.19 bits per heavy atom. The summed E-state index contributed by atoms with van der Waals surface area (Å²) in [5, 5.41) is 0. The minimum Gasteiger partial charge on any atom is -0.273 e. The van der Waals surface area contributed by atoms with Gasteiger partial charge in [-0.05, 0) is 0 Å². The van der Waals surface area contributed by atoms with Gasteiger partial charge in [-0.1, -0.05) is 19.8 Å². The van der Waals surface area contributed by atoms with Gasteiger partial charge in [-0.15, -0.1) is 37.7 Å². The summed E-state index contributed by atoms with van der Waals surface area (Å²) in [5.41, 5.74) is 1.40. The van der Waals surface area contributed by atoms with Crippen LogP contribution in [0, 0.1) is 12.2 Å². The quantitative estimate of drug-likeness (QED) is 0.645. The Morgan fingerprint density at radius 3 is 2.25 bits per heavy atom. The molecule has 16 heavy (non-hydrogen) atoms. The average Bonchev–Trinajstić information content (AvgIpc) is 2.79. The van der Waals surface area contributed by atoms with Crippen molar-refractivity contribution in [2.45, 2.75) is 32.6 Å². The molecule has 0 saturated heterocycles. The predicted octanol–water partition coefficient (Wildman–Crippen LogP) is 4.62. The molecule has 0 bridgehead atoms. The van der Waals surface area contributed by atoms with Gasteiger partial charge in [0.2, 0.25) is 0 Å². The van der Waals surface area contributed by atoms with Crippen molar-refractivity contribution in [1.82, 2.24) is 0 Å². The molecule has 0 radical (unpaired) electrons. The van der Waals surface area contributed by atoms with Gasteiger partial charge in [0.1, 0.15) is 0 Å². The SMILES string of the molecule is CCCC1=[C-]CC=C1.Cl.Cl.[C-]1=CC=CC1.[Zr+2]. The van der Waals surface area contributed by atoms with Crippen LogP contribution in [0.1, 0.15) is 32.6 Å². The maximum Gasteiger partial charge on any atom is 2.00 e. The summed E-state index contributed by atoms with van der Waals surface area (Å²) in [6.07, 6.45) is 21.1. The van der Waals surface area contributed by atoms with Crippen LogP contribution in [0.5, 0.6) is 0 Å². The molecule has 2 aliphatic carbocycles. The molecule has 88 valence electrons. The molecule has 0 aliphatic heterocycles. The first-order valence-corrected chi connectivity index (χ1v) is 4.91. The molecule has 0 aromatic rings. The Kier molecular flexibility index (Phi) is 20.9. The van der Waals surface area contributed by atoms with Crippen molar-refractivity contribution in [2.75, 3.05) is 0 Å². The molecule has 0 unspecified atom stereocenters. The topological polar surface area (TPSA) is 0 Å². The molecule has 0 fully saturated rings. The fourth-order valence-electron chi connectivity index (χ4n) is 1.23. The molecular formula is C13H18Cl2Zr. The summed E-state index contributed by atoms with van der Waals surface area (Å²) in [6.45, 7) is 2.20. The second-order valence-corrected chi connectivity index (χ2v) is 3.06. The van der Waals surface area contributed by atoms with Crippen LogP contribution >= 0.6 is 24.8 Å². The molecule has 0 aromatic heterocycles. The van der Waals surface area contributed by atoms with Crippen molar-refractivity contribution < 1.29 is 26.2 Å². The molecule has 0 spiro atoms. The van der Waals surface area contributed by atoms with Gasteiger partial charge in [-0.2, -0.15) is 12.2 Å². The Labute approximate surface area is 131 Å². The molecule has 2 rings (SSSR count). The molecule has 0 atom stereocenters. The third-order valence-electron chi connectivity index (χ3n) is 1.87. The van der Waals surface area contributed by atoms with Crippen molar-refractivity contribution in [3.8, 4) is 0 Å². The Balaban J connectivity index is -0.000000189. The van der Waals surface area contributed by atoms with Gasteiger partial charge in [0, 0.05) is 0 Å². The van der Waals surface area contributed by atoms with Gasteiger partial charge in [-0.3, -0.25) is 12.2 Å². The minimum absolute atomic E-state index is 0. The van der Waals surface area contributed by atoms with E-state index in [0.717, 1.165) is 12.8 Å². The maximum absolute atomic E-state index is 3.26. The molecule has 0 heterocycles. The van der Waals surface area contributed by atoms with Crippen molar-refractivity contribution in [1.29, 1.82) is 0 Å². The molecular weight excluding hydrogens is 318 g/mol. The van der Waals surface area contributed by atoms with Gasteiger partial charge >= 0.3 is 26.2 Å². The fraction of sp³-hybridized carbons (Fsp3) is 0.385. The largest absolute Gasteiger partial charge is 2.00 e. The van der Waals surface area contributed by atoms with Gasteiger partial charge in [0.25, 0.3) is 0 Å². The predicted molar refractivity (Wildman–Crippen MR) is 71.5 cm³/mol.